The van der Waals surface area contributed by atoms with E-state index in [1.54, 1.807) is 18.3 Å². The van der Waals surface area contributed by atoms with E-state index < -0.39 is 0 Å². The van der Waals surface area contributed by atoms with E-state index in [2.05, 4.69) is 15.3 Å². The first-order valence-corrected chi connectivity index (χ1v) is 6.74. The summed E-state index contributed by atoms with van der Waals surface area (Å²) in [5.41, 5.74) is 8.84. The Morgan fingerprint density at radius 3 is 2.82 bits per heavy atom. The number of aromatic nitrogens is 1. The molecule has 4 N–H and O–H groups in total. The molecule has 0 unspecified atom stereocenters. The minimum atomic E-state index is -0.270. The van der Waals surface area contributed by atoms with Crippen LogP contribution in [-0.2, 0) is 4.79 Å². The molecule has 7 nitrogen and oxygen atoms in total. The minimum absolute atomic E-state index is 0.00755. The summed E-state index contributed by atoms with van der Waals surface area (Å²) in [7, 11) is 0. The van der Waals surface area contributed by atoms with Crippen molar-refractivity contribution in [2.75, 3.05) is 17.7 Å². The molecule has 1 aromatic carbocycles. The molecular formula is C15H14N4O3. The minimum Gasteiger partial charge on any atom is -0.397 e. The molecule has 0 fully saturated rings. The van der Waals surface area contributed by atoms with Gasteiger partial charge in [-0.05, 0) is 12.1 Å². The third-order valence-electron chi connectivity index (χ3n) is 3.38. The maximum atomic E-state index is 12.0. The van der Waals surface area contributed by atoms with Crippen LogP contribution in [0.2, 0.25) is 0 Å². The Morgan fingerprint density at radius 1 is 1.36 bits per heavy atom. The number of nitrogens with two attached hydrogens (primary N) is 1. The van der Waals surface area contributed by atoms with Crippen LogP contribution in [0.5, 0.6) is 0 Å². The number of hydrogen-bond donors (Lipinski definition) is 3. The highest BCUT2D eigenvalue weighted by molar-refractivity contribution is 6.18. The predicted molar refractivity (Wildman–Crippen MR) is 83.7 cm³/mol. The lowest BCUT2D eigenvalue weighted by Crippen LogP contribution is -2.10. The second-order valence-electron chi connectivity index (χ2n) is 5.02. The van der Waals surface area contributed by atoms with Crippen molar-refractivity contribution in [1.82, 2.24) is 4.98 Å². The number of hydrogen-bond acceptors (Lipinski definition) is 6. The van der Waals surface area contributed by atoms with Gasteiger partial charge in [0.15, 0.2) is 5.78 Å². The Bertz CT molecular complexity index is 843. The molecule has 1 aliphatic rings. The summed E-state index contributed by atoms with van der Waals surface area (Å²) in [5.74, 6) is -0.530. The molecule has 22 heavy (non-hydrogen) atoms. The van der Waals surface area contributed by atoms with Crippen LogP contribution in [0.15, 0.2) is 17.1 Å². The van der Waals surface area contributed by atoms with Crippen molar-refractivity contribution in [1.29, 1.82) is 0 Å². The standard InChI is InChI=1S/C15H14N4O3/c1-7(21)18-11-5-9(16)14-13-8(6-17-14)4-10(19-15(11)13)12(22)2-3-20/h4-6,20H,2-3,16H2,1H3,(H,18,21). The van der Waals surface area contributed by atoms with E-state index in [1.165, 1.54) is 6.92 Å². The van der Waals surface area contributed by atoms with Crippen LogP contribution in [0, 0.1) is 0 Å². The number of benzene rings is 1. The lowest BCUT2D eigenvalue weighted by molar-refractivity contribution is -0.114. The molecule has 0 saturated carbocycles. The van der Waals surface area contributed by atoms with Gasteiger partial charge in [0.1, 0.15) is 5.69 Å². The van der Waals surface area contributed by atoms with Crippen molar-refractivity contribution in [3.63, 3.8) is 0 Å². The topological polar surface area (TPSA) is 118 Å². The maximum Gasteiger partial charge on any atom is 0.221 e. The van der Waals surface area contributed by atoms with E-state index in [9.17, 15) is 9.59 Å². The van der Waals surface area contributed by atoms with Gasteiger partial charge < -0.3 is 16.2 Å². The number of amides is 1. The number of nitrogens with zero attached hydrogens (tertiary/aromatic N) is 2. The number of Topliss-reactive ketones (excluding diaryl/α,β-unsaturated/α-hetero) is 1. The van der Waals surface area contributed by atoms with Gasteiger partial charge in [0, 0.05) is 30.5 Å². The fraction of sp³-hybridized carbons (Fsp3) is 0.200. The Labute approximate surface area is 125 Å². The van der Waals surface area contributed by atoms with Gasteiger partial charge in [-0.15, -0.1) is 0 Å². The maximum absolute atomic E-state index is 12.0. The van der Waals surface area contributed by atoms with Crippen molar-refractivity contribution >= 4 is 45.9 Å². The van der Waals surface area contributed by atoms with Gasteiger partial charge in [-0.25, -0.2) is 4.98 Å². The Morgan fingerprint density at radius 2 is 2.14 bits per heavy atom. The molecule has 2 aromatic rings. The van der Waals surface area contributed by atoms with E-state index in [-0.39, 0.29) is 30.4 Å². The number of aliphatic imine (C=N–C) groups is 1. The number of carbonyl (C=O) groups excluding carboxylic acids is 2. The van der Waals surface area contributed by atoms with Gasteiger partial charge in [0.05, 0.1) is 29.2 Å². The van der Waals surface area contributed by atoms with Crippen LogP contribution >= 0.6 is 0 Å². The number of nitrogens with one attached hydrogen (secondary N) is 1. The van der Waals surface area contributed by atoms with Crippen molar-refractivity contribution in [2.45, 2.75) is 13.3 Å². The third kappa shape index (κ3) is 2.21. The highest BCUT2D eigenvalue weighted by atomic mass is 16.3. The van der Waals surface area contributed by atoms with Crippen LogP contribution in [0.4, 0.5) is 17.1 Å². The van der Waals surface area contributed by atoms with Gasteiger partial charge in [-0.3, -0.25) is 14.6 Å². The predicted octanol–water partition coefficient (Wildman–Crippen LogP) is 1.40. The van der Waals surface area contributed by atoms with Crippen LogP contribution in [0.25, 0.3) is 10.9 Å². The summed E-state index contributed by atoms with van der Waals surface area (Å²) in [6.45, 7) is 1.14. The number of pyridine rings is 1. The summed E-state index contributed by atoms with van der Waals surface area (Å²) in [4.78, 5) is 31.9. The molecule has 0 saturated heterocycles. The number of ketones is 1. The molecule has 3 rings (SSSR count). The number of anilines is 2. The fourth-order valence-corrected chi connectivity index (χ4v) is 2.48. The van der Waals surface area contributed by atoms with E-state index >= 15 is 0 Å². The van der Waals surface area contributed by atoms with Gasteiger partial charge in [0.25, 0.3) is 0 Å². The zero-order chi connectivity index (χ0) is 15.9. The van der Waals surface area contributed by atoms with E-state index in [1.807, 2.05) is 0 Å². The number of rotatable bonds is 4. The second kappa shape index (κ2) is 5.19. The van der Waals surface area contributed by atoms with Crippen molar-refractivity contribution in [3.8, 4) is 0 Å². The summed E-state index contributed by atoms with van der Waals surface area (Å²) < 4.78 is 0. The molecule has 2 heterocycles. The highest BCUT2D eigenvalue weighted by Crippen LogP contribution is 2.41. The Balaban J connectivity index is 2.27. The van der Waals surface area contributed by atoms with Crippen LogP contribution in [0.1, 0.15) is 29.4 Å². The monoisotopic (exact) mass is 298 g/mol. The largest absolute Gasteiger partial charge is 0.397 e. The molecule has 1 amide bonds. The third-order valence-corrected chi connectivity index (χ3v) is 3.38. The highest BCUT2D eigenvalue weighted by Gasteiger charge is 2.21. The van der Waals surface area contributed by atoms with Crippen LogP contribution in [0.3, 0.4) is 0 Å². The first kappa shape index (κ1) is 14.2. The molecule has 0 bridgehead atoms. The first-order chi connectivity index (χ1) is 10.5. The summed E-state index contributed by atoms with van der Waals surface area (Å²) >= 11 is 0. The first-order valence-electron chi connectivity index (χ1n) is 6.74. The molecule has 0 aliphatic carbocycles. The van der Waals surface area contributed by atoms with Crippen molar-refractivity contribution in [3.05, 3.63) is 23.4 Å². The normalized spacial score (nSPS) is 11.9. The number of aliphatic hydroxyl groups excluding tert-OH is 1. The zero-order valence-corrected chi connectivity index (χ0v) is 11.9. The summed E-state index contributed by atoms with van der Waals surface area (Å²) in [6.07, 6.45) is 1.61. The molecular weight excluding hydrogens is 284 g/mol. The zero-order valence-electron chi connectivity index (χ0n) is 11.9. The molecule has 0 atom stereocenters. The lowest BCUT2D eigenvalue weighted by atomic mass is 10.0. The smallest absolute Gasteiger partial charge is 0.221 e. The molecule has 7 heteroatoms. The summed E-state index contributed by atoms with van der Waals surface area (Å²) in [5, 5.41) is 12.3. The van der Waals surface area contributed by atoms with E-state index in [0.717, 1.165) is 5.56 Å². The number of aliphatic hydroxyl groups is 1. The van der Waals surface area contributed by atoms with Crippen molar-refractivity contribution < 1.29 is 14.7 Å². The molecule has 0 spiro atoms. The fourth-order valence-electron chi connectivity index (χ4n) is 2.48. The Hall–Kier alpha value is -2.80. The average Bonchev–Trinajstić information content (AvgIpc) is 2.88. The summed E-state index contributed by atoms with van der Waals surface area (Å²) in [6, 6.07) is 3.20. The molecule has 112 valence electrons. The average molecular weight is 298 g/mol. The van der Waals surface area contributed by atoms with E-state index in [4.69, 9.17) is 10.8 Å². The second-order valence-corrected chi connectivity index (χ2v) is 5.02. The van der Waals surface area contributed by atoms with Gasteiger partial charge in [0.2, 0.25) is 5.91 Å². The van der Waals surface area contributed by atoms with Crippen LogP contribution in [-0.4, -0.2) is 34.6 Å². The van der Waals surface area contributed by atoms with E-state index in [0.29, 0.717) is 28.0 Å². The molecule has 1 aliphatic heterocycles. The Kier molecular flexibility index (Phi) is 3.34. The number of carbonyl (C=O) groups is 2. The molecule has 0 radical (unpaired) electrons. The lowest BCUT2D eigenvalue weighted by Gasteiger charge is -2.11. The van der Waals surface area contributed by atoms with Gasteiger partial charge in [-0.2, -0.15) is 0 Å². The van der Waals surface area contributed by atoms with Gasteiger partial charge >= 0.3 is 0 Å². The van der Waals surface area contributed by atoms with Crippen LogP contribution < -0.4 is 11.1 Å². The molecule has 1 aromatic heterocycles. The SMILES string of the molecule is CC(=O)Nc1cc(N)c2c3c(cc(C(=O)CCO)nc13)C=N2. The van der Waals surface area contributed by atoms with Gasteiger partial charge in [-0.1, -0.05) is 0 Å². The quantitative estimate of drug-likeness (QED) is 0.497. The number of nitrogen functional groups attached to an aromatic ring is 1. The van der Waals surface area contributed by atoms with Crippen molar-refractivity contribution in [2.24, 2.45) is 4.99 Å².